The van der Waals surface area contributed by atoms with Gasteiger partial charge in [-0.3, -0.25) is 14.8 Å². The zero-order valence-electron chi connectivity index (χ0n) is 9.95. The summed E-state index contributed by atoms with van der Waals surface area (Å²) < 4.78 is 0.00969. The first-order valence-corrected chi connectivity index (χ1v) is 5.81. The molecule has 0 unspecified atom stereocenters. The number of nitrogens with zero attached hydrogens (tertiary/aromatic N) is 1. The molecule has 0 spiro atoms. The van der Waals surface area contributed by atoms with Gasteiger partial charge in [-0.15, -0.1) is 0 Å². The number of aromatic nitrogens is 2. The van der Waals surface area contributed by atoms with Crippen LogP contribution in [0.2, 0.25) is 0 Å². The molecular formula is C12H9N3O4S. The lowest BCUT2D eigenvalue weighted by Crippen LogP contribution is -2.13. The molecule has 2 rings (SSSR count). The summed E-state index contributed by atoms with van der Waals surface area (Å²) in [4.78, 5) is 30.9. The summed E-state index contributed by atoms with van der Waals surface area (Å²) >= 11 is 4.69. The number of rotatable bonds is 3. The van der Waals surface area contributed by atoms with E-state index in [0.29, 0.717) is 5.69 Å². The van der Waals surface area contributed by atoms with Crippen molar-refractivity contribution in [3.05, 3.63) is 50.5 Å². The van der Waals surface area contributed by atoms with Gasteiger partial charge in [0.25, 0.3) is 5.56 Å². The molecule has 0 atom stereocenters. The Bertz CT molecular complexity index is 790. The van der Waals surface area contributed by atoms with Crippen molar-refractivity contribution >= 4 is 30.1 Å². The Hall–Kier alpha value is -2.74. The molecule has 8 heteroatoms. The standard InChI is InChI=1S/C12H9N3O4S/c16-9-8(10(17)15-12(20)14-9)5-13-7-3-1-6(2-4-7)11(18)19/h1-5H,(H,18,19)(H3,14,15,16,17,20). The molecule has 0 saturated heterocycles. The van der Waals surface area contributed by atoms with E-state index in [1.54, 1.807) is 0 Å². The molecule has 0 amide bonds. The smallest absolute Gasteiger partial charge is 0.335 e. The van der Waals surface area contributed by atoms with Gasteiger partial charge in [0.2, 0.25) is 5.88 Å². The van der Waals surface area contributed by atoms with Crippen LogP contribution in [0.4, 0.5) is 5.69 Å². The van der Waals surface area contributed by atoms with Crippen LogP contribution in [0.5, 0.6) is 5.88 Å². The highest BCUT2D eigenvalue weighted by Gasteiger charge is 2.05. The predicted octanol–water partition coefficient (Wildman–Crippen LogP) is 1.59. The summed E-state index contributed by atoms with van der Waals surface area (Å²) in [5.74, 6) is -1.42. The Labute approximate surface area is 117 Å². The second kappa shape index (κ2) is 5.49. The molecule has 0 aliphatic heterocycles. The van der Waals surface area contributed by atoms with Crippen LogP contribution >= 0.6 is 12.2 Å². The van der Waals surface area contributed by atoms with Gasteiger partial charge in [0.05, 0.1) is 11.3 Å². The first-order chi connectivity index (χ1) is 9.47. The number of carboxylic acid groups (broad SMARTS) is 1. The van der Waals surface area contributed by atoms with Crippen molar-refractivity contribution in [1.82, 2.24) is 9.97 Å². The van der Waals surface area contributed by atoms with Crippen molar-refractivity contribution in [3.63, 3.8) is 0 Å². The van der Waals surface area contributed by atoms with E-state index < -0.39 is 11.5 Å². The van der Waals surface area contributed by atoms with Crippen LogP contribution < -0.4 is 5.56 Å². The monoisotopic (exact) mass is 291 g/mol. The first kappa shape index (κ1) is 13.7. The number of hydrogen-bond acceptors (Lipinski definition) is 5. The molecule has 0 aliphatic carbocycles. The van der Waals surface area contributed by atoms with Crippen molar-refractivity contribution in [3.8, 4) is 5.88 Å². The highest BCUT2D eigenvalue weighted by atomic mass is 32.1. The number of carboxylic acids is 1. The zero-order chi connectivity index (χ0) is 14.7. The van der Waals surface area contributed by atoms with Gasteiger partial charge in [-0.05, 0) is 36.5 Å². The molecule has 0 bridgehead atoms. The SMILES string of the molecule is O=C(O)c1ccc(N=Cc2c(O)[nH]c(=S)[nH]c2=O)cc1. The largest absolute Gasteiger partial charge is 0.494 e. The van der Waals surface area contributed by atoms with Crippen molar-refractivity contribution in [1.29, 1.82) is 0 Å². The molecule has 7 nitrogen and oxygen atoms in total. The maximum atomic E-state index is 11.6. The number of H-pyrrole nitrogens is 2. The average molecular weight is 291 g/mol. The normalized spacial score (nSPS) is 10.8. The fraction of sp³-hybridized carbons (Fsp3) is 0. The molecule has 0 fully saturated rings. The number of aromatic hydroxyl groups is 1. The molecule has 2 aromatic rings. The number of hydrogen-bond donors (Lipinski definition) is 4. The quantitative estimate of drug-likeness (QED) is 0.506. The molecule has 1 aromatic carbocycles. The average Bonchev–Trinajstić information content (AvgIpc) is 2.38. The van der Waals surface area contributed by atoms with Gasteiger partial charge in [-0.25, -0.2) is 4.79 Å². The van der Waals surface area contributed by atoms with Crippen LogP contribution in [0, 0.1) is 4.77 Å². The van der Waals surface area contributed by atoms with E-state index in [2.05, 4.69) is 15.0 Å². The minimum absolute atomic E-state index is 0.00969. The number of aliphatic imine (C=N–C) groups is 1. The molecule has 1 heterocycles. The minimum Gasteiger partial charge on any atom is -0.494 e. The van der Waals surface area contributed by atoms with Gasteiger partial charge in [0.1, 0.15) is 5.56 Å². The summed E-state index contributed by atoms with van der Waals surface area (Å²) in [7, 11) is 0. The van der Waals surface area contributed by atoms with Crippen LogP contribution in [0.15, 0.2) is 34.1 Å². The van der Waals surface area contributed by atoms with E-state index in [4.69, 9.17) is 17.3 Å². The maximum absolute atomic E-state index is 11.6. The topological polar surface area (TPSA) is 119 Å². The predicted molar refractivity (Wildman–Crippen MR) is 74.6 cm³/mol. The van der Waals surface area contributed by atoms with Gasteiger partial charge >= 0.3 is 5.97 Å². The Morgan fingerprint density at radius 1 is 1.25 bits per heavy atom. The molecular weight excluding hydrogens is 282 g/mol. The Kier molecular flexibility index (Phi) is 3.76. The van der Waals surface area contributed by atoms with Crippen LogP contribution in [0.3, 0.4) is 0 Å². The second-order valence-electron chi connectivity index (χ2n) is 3.78. The maximum Gasteiger partial charge on any atom is 0.335 e. The van der Waals surface area contributed by atoms with Crippen LogP contribution in [0.25, 0.3) is 0 Å². The van der Waals surface area contributed by atoms with Gasteiger partial charge in [-0.2, -0.15) is 0 Å². The fourth-order valence-electron chi connectivity index (χ4n) is 1.43. The Balaban J connectivity index is 2.32. The van der Waals surface area contributed by atoms with Crippen molar-refractivity contribution < 1.29 is 15.0 Å². The Morgan fingerprint density at radius 2 is 1.90 bits per heavy atom. The zero-order valence-corrected chi connectivity index (χ0v) is 10.8. The summed E-state index contributed by atoms with van der Waals surface area (Å²) in [5.41, 5.74) is -0.0669. The molecule has 20 heavy (non-hydrogen) atoms. The van der Waals surface area contributed by atoms with Gasteiger partial charge in [-0.1, -0.05) is 0 Å². The van der Waals surface area contributed by atoms with E-state index in [9.17, 15) is 14.7 Å². The lowest BCUT2D eigenvalue weighted by molar-refractivity contribution is 0.0697. The van der Waals surface area contributed by atoms with Gasteiger partial charge in [0, 0.05) is 6.21 Å². The van der Waals surface area contributed by atoms with Crippen LogP contribution in [0.1, 0.15) is 15.9 Å². The number of carbonyl (C=O) groups is 1. The number of nitrogens with one attached hydrogen (secondary N) is 2. The van der Waals surface area contributed by atoms with E-state index in [-0.39, 0.29) is 21.8 Å². The summed E-state index contributed by atoms with van der Waals surface area (Å²) in [5, 5.41) is 18.3. The lowest BCUT2D eigenvalue weighted by Gasteiger charge is -1.98. The lowest BCUT2D eigenvalue weighted by atomic mass is 10.2. The van der Waals surface area contributed by atoms with Gasteiger partial charge in [0.15, 0.2) is 4.77 Å². The van der Waals surface area contributed by atoms with Crippen molar-refractivity contribution in [2.75, 3.05) is 0 Å². The third-order valence-electron chi connectivity index (χ3n) is 2.42. The molecule has 102 valence electrons. The highest BCUT2D eigenvalue weighted by molar-refractivity contribution is 7.71. The van der Waals surface area contributed by atoms with E-state index in [1.165, 1.54) is 24.3 Å². The molecule has 1 aromatic heterocycles. The summed E-state index contributed by atoms with van der Waals surface area (Å²) in [6, 6.07) is 5.74. The van der Waals surface area contributed by atoms with Crippen molar-refractivity contribution in [2.45, 2.75) is 0 Å². The molecule has 0 radical (unpaired) electrons. The Morgan fingerprint density at radius 3 is 2.45 bits per heavy atom. The third kappa shape index (κ3) is 2.98. The molecule has 0 aliphatic rings. The summed E-state index contributed by atoms with van der Waals surface area (Å²) in [6.45, 7) is 0. The number of aromatic amines is 2. The van der Waals surface area contributed by atoms with Crippen LogP contribution in [-0.4, -0.2) is 32.4 Å². The van der Waals surface area contributed by atoms with E-state index in [1.807, 2.05) is 0 Å². The number of aromatic carboxylic acids is 1. The first-order valence-electron chi connectivity index (χ1n) is 5.40. The number of benzene rings is 1. The molecule has 0 saturated carbocycles. The van der Waals surface area contributed by atoms with Crippen molar-refractivity contribution in [2.24, 2.45) is 4.99 Å². The molecule has 4 N–H and O–H groups in total. The third-order valence-corrected chi connectivity index (χ3v) is 2.62. The fourth-order valence-corrected chi connectivity index (χ4v) is 1.62. The summed E-state index contributed by atoms with van der Waals surface area (Å²) in [6.07, 6.45) is 1.16. The van der Waals surface area contributed by atoms with Gasteiger partial charge < -0.3 is 15.2 Å². The van der Waals surface area contributed by atoms with E-state index >= 15 is 0 Å². The van der Waals surface area contributed by atoms with Crippen LogP contribution in [-0.2, 0) is 0 Å². The van der Waals surface area contributed by atoms with E-state index in [0.717, 1.165) is 6.21 Å². The second-order valence-corrected chi connectivity index (χ2v) is 4.19. The highest BCUT2D eigenvalue weighted by Crippen LogP contribution is 2.14. The minimum atomic E-state index is -1.04.